The average Bonchev–Trinajstić information content (AvgIpc) is 3.31. The van der Waals surface area contributed by atoms with Crippen LogP contribution in [0.3, 0.4) is 0 Å². The van der Waals surface area contributed by atoms with Gasteiger partial charge in [0.1, 0.15) is 17.8 Å². The first kappa shape index (κ1) is 20.8. The van der Waals surface area contributed by atoms with Crippen molar-refractivity contribution in [2.45, 2.75) is 32.2 Å². The third-order valence-corrected chi connectivity index (χ3v) is 6.30. The molecule has 1 saturated heterocycles. The fraction of sp³-hybridized carbons (Fsp3) is 0.320. The number of aromatic nitrogens is 4. The summed E-state index contributed by atoms with van der Waals surface area (Å²) in [7, 11) is 0. The van der Waals surface area contributed by atoms with Crippen molar-refractivity contribution in [3.05, 3.63) is 90.1 Å². The molecule has 164 valence electrons. The number of imidazole rings is 1. The van der Waals surface area contributed by atoms with Crippen LogP contribution in [0.1, 0.15) is 29.9 Å². The minimum atomic E-state index is -0.0771. The van der Waals surface area contributed by atoms with Gasteiger partial charge in [0.2, 0.25) is 0 Å². The maximum Gasteiger partial charge on any atom is 0.163 e. The van der Waals surface area contributed by atoms with Crippen molar-refractivity contribution in [3.63, 3.8) is 0 Å². The van der Waals surface area contributed by atoms with E-state index in [1.54, 1.807) is 6.33 Å². The molecular formula is C25H29N7. The van der Waals surface area contributed by atoms with Crippen molar-refractivity contribution in [3.8, 4) is 11.5 Å². The number of hydrogen-bond donors (Lipinski definition) is 1. The summed E-state index contributed by atoms with van der Waals surface area (Å²) in [5.41, 5.74) is 10.2. The van der Waals surface area contributed by atoms with E-state index in [-0.39, 0.29) is 12.2 Å². The third kappa shape index (κ3) is 4.02. The summed E-state index contributed by atoms with van der Waals surface area (Å²) in [4.78, 5) is 18.2. The maximum absolute atomic E-state index is 6.78. The van der Waals surface area contributed by atoms with E-state index in [1.807, 2.05) is 6.20 Å². The lowest BCUT2D eigenvalue weighted by atomic mass is 9.96. The monoisotopic (exact) mass is 427 g/mol. The summed E-state index contributed by atoms with van der Waals surface area (Å²) in [5.74, 6) is 1.90. The fourth-order valence-corrected chi connectivity index (χ4v) is 4.75. The van der Waals surface area contributed by atoms with E-state index in [0.29, 0.717) is 0 Å². The molecule has 3 aliphatic heterocycles. The molecular weight excluding hydrogens is 398 g/mol. The normalized spacial score (nSPS) is 17.9. The van der Waals surface area contributed by atoms with E-state index in [9.17, 15) is 0 Å². The van der Waals surface area contributed by atoms with Crippen molar-refractivity contribution < 1.29 is 0 Å². The van der Waals surface area contributed by atoms with Gasteiger partial charge in [0.25, 0.3) is 0 Å². The Bertz CT molecular complexity index is 1070. The molecule has 0 amide bonds. The summed E-state index contributed by atoms with van der Waals surface area (Å²) in [6.45, 7) is 6.29. The highest BCUT2D eigenvalue weighted by Gasteiger charge is 2.32. The Kier molecular flexibility index (Phi) is 5.94. The quantitative estimate of drug-likeness (QED) is 0.510. The van der Waals surface area contributed by atoms with E-state index < -0.39 is 0 Å². The first-order valence-electron chi connectivity index (χ1n) is 11.2. The molecule has 3 heterocycles. The largest absolute Gasteiger partial charge is 0.315 e. The molecule has 2 aromatic rings. The second-order valence-electron chi connectivity index (χ2n) is 8.27. The van der Waals surface area contributed by atoms with E-state index in [4.69, 9.17) is 5.73 Å². The fourth-order valence-electron chi connectivity index (χ4n) is 4.75. The lowest BCUT2D eigenvalue weighted by molar-refractivity contribution is 0.0490. The van der Waals surface area contributed by atoms with Crippen LogP contribution in [0.5, 0.6) is 0 Å². The molecule has 0 aromatic heterocycles. The van der Waals surface area contributed by atoms with Crippen LogP contribution in [0, 0.1) is 0 Å². The van der Waals surface area contributed by atoms with E-state index >= 15 is 0 Å². The zero-order chi connectivity index (χ0) is 21.9. The Morgan fingerprint density at radius 2 is 1.62 bits per heavy atom. The van der Waals surface area contributed by atoms with Gasteiger partial charge in [-0.1, -0.05) is 60.7 Å². The molecule has 1 atom stereocenters. The molecule has 0 aliphatic carbocycles. The lowest BCUT2D eigenvalue weighted by Gasteiger charge is -2.44. The summed E-state index contributed by atoms with van der Waals surface area (Å²) in [6, 6.07) is 21.5. The topological polar surface area (TPSA) is 76.1 Å². The number of piperazine rings is 1. The van der Waals surface area contributed by atoms with Crippen molar-refractivity contribution in [2.24, 2.45) is 5.73 Å². The molecule has 2 N–H and O–H groups in total. The zero-order valence-corrected chi connectivity index (χ0v) is 18.4. The van der Waals surface area contributed by atoms with Crippen LogP contribution >= 0.6 is 0 Å². The van der Waals surface area contributed by atoms with Crippen LogP contribution in [0.25, 0.3) is 11.5 Å². The molecule has 0 radical (unpaired) electrons. The van der Waals surface area contributed by atoms with Crippen molar-refractivity contribution in [1.29, 1.82) is 0 Å². The Hall–Kier alpha value is -3.13. The molecule has 1 fully saturated rings. The van der Waals surface area contributed by atoms with E-state index in [0.717, 1.165) is 50.1 Å². The van der Waals surface area contributed by atoms with Gasteiger partial charge in [-0.3, -0.25) is 9.80 Å². The number of rotatable bonds is 6. The smallest absolute Gasteiger partial charge is 0.163 e. The summed E-state index contributed by atoms with van der Waals surface area (Å²) in [5, 5.41) is 0. The molecule has 1 unspecified atom stereocenters. The molecule has 7 heteroatoms. The molecule has 7 nitrogen and oxygen atoms in total. The molecule has 32 heavy (non-hydrogen) atoms. The van der Waals surface area contributed by atoms with Crippen LogP contribution in [0.2, 0.25) is 0 Å². The number of hydrogen-bond acceptors (Lipinski definition) is 6. The number of fused-ring (bicyclic) bond motifs is 1. The zero-order valence-electron chi connectivity index (χ0n) is 18.4. The maximum atomic E-state index is 6.78. The predicted molar refractivity (Wildman–Crippen MR) is 125 cm³/mol. The Labute approximate surface area is 188 Å². The predicted octanol–water partition coefficient (Wildman–Crippen LogP) is 2.99. The first-order chi connectivity index (χ1) is 15.7. The van der Waals surface area contributed by atoms with Gasteiger partial charge in [0.05, 0.1) is 24.9 Å². The van der Waals surface area contributed by atoms with E-state index in [2.05, 4.69) is 96.9 Å². The first-order valence-corrected chi connectivity index (χ1v) is 11.2. The van der Waals surface area contributed by atoms with Gasteiger partial charge in [-0.25, -0.2) is 15.0 Å². The highest BCUT2D eigenvalue weighted by molar-refractivity contribution is 5.49. The van der Waals surface area contributed by atoms with E-state index in [1.165, 1.54) is 11.1 Å². The van der Waals surface area contributed by atoms with Crippen LogP contribution in [0.15, 0.2) is 73.2 Å². The Balaban J connectivity index is 1.36. The van der Waals surface area contributed by atoms with Gasteiger partial charge >= 0.3 is 0 Å². The van der Waals surface area contributed by atoms with Crippen molar-refractivity contribution in [2.75, 3.05) is 19.6 Å². The van der Waals surface area contributed by atoms with Gasteiger partial charge in [0.15, 0.2) is 5.82 Å². The highest BCUT2D eigenvalue weighted by atomic mass is 15.3. The number of nitrogens with zero attached hydrogens (tertiary/aromatic N) is 6. The van der Waals surface area contributed by atoms with Crippen LogP contribution in [-0.2, 0) is 13.1 Å². The second-order valence-corrected chi connectivity index (χ2v) is 8.27. The van der Waals surface area contributed by atoms with Crippen LogP contribution < -0.4 is 5.73 Å². The van der Waals surface area contributed by atoms with Gasteiger partial charge in [-0.15, -0.1) is 0 Å². The molecule has 0 saturated carbocycles. The molecule has 0 spiro atoms. The van der Waals surface area contributed by atoms with Crippen molar-refractivity contribution >= 4 is 0 Å². The second kappa shape index (κ2) is 9.16. The van der Waals surface area contributed by atoms with Crippen molar-refractivity contribution in [1.82, 2.24) is 29.3 Å². The van der Waals surface area contributed by atoms with Gasteiger partial charge < -0.3 is 10.3 Å². The summed E-state index contributed by atoms with van der Waals surface area (Å²) >= 11 is 0. The third-order valence-electron chi connectivity index (χ3n) is 6.30. The Morgan fingerprint density at radius 1 is 0.938 bits per heavy atom. The molecule has 2 aromatic carbocycles. The Morgan fingerprint density at radius 3 is 2.25 bits per heavy atom. The number of nitrogens with two attached hydrogens (primary N) is 1. The standard InChI is InChI=1S/C25H29N7/c1-2-31-23(27-15-21-25(31)29-18-28-21)17-30-13-14-32(22(26)16-30)24(19-9-5-3-6-10-19)20-11-7-4-8-12-20/h3-12,15,18,22,24H,2,13-14,16-17,26H2,1H3. The van der Waals surface area contributed by atoms with Gasteiger partial charge in [-0.2, -0.15) is 0 Å². The summed E-state index contributed by atoms with van der Waals surface area (Å²) < 4.78 is 2.15. The van der Waals surface area contributed by atoms with Gasteiger partial charge in [0, 0.05) is 26.2 Å². The number of benzene rings is 2. The van der Waals surface area contributed by atoms with Crippen LogP contribution in [-0.4, -0.2) is 55.1 Å². The lowest BCUT2D eigenvalue weighted by Crippen LogP contribution is -2.58. The molecule has 5 rings (SSSR count). The van der Waals surface area contributed by atoms with Crippen LogP contribution in [0.4, 0.5) is 0 Å². The molecule has 0 bridgehead atoms. The molecule has 3 aliphatic rings. The highest BCUT2D eigenvalue weighted by Crippen LogP contribution is 2.31. The summed E-state index contributed by atoms with van der Waals surface area (Å²) in [6.07, 6.45) is 3.34. The SMILES string of the molecule is CCn1c(CN2CCN(C(c3ccccc3)c3ccccc3)C(N)C2)ncc2ncnc1-2. The van der Waals surface area contributed by atoms with Gasteiger partial charge in [-0.05, 0) is 18.1 Å². The minimum absolute atomic E-state index is 0.0771. The minimum Gasteiger partial charge on any atom is -0.315 e. The average molecular weight is 428 g/mol.